The number of nitrogens with one attached hydrogen (secondary N) is 1. The highest BCUT2D eigenvalue weighted by molar-refractivity contribution is 6.13. The largest absolute Gasteiger partial charge is 0.325 e. The number of Topliss-reactive ketones (excluding diaryl/α,β-unsaturated/α-hetero) is 1. The summed E-state index contributed by atoms with van der Waals surface area (Å²) in [4.78, 5) is 41.4. The summed E-state index contributed by atoms with van der Waals surface area (Å²) in [5.41, 5.74) is 2.33. The summed E-state index contributed by atoms with van der Waals surface area (Å²) in [5.74, 6) is -1.22. The molecule has 1 aliphatic heterocycles. The molecule has 0 bridgehead atoms. The van der Waals surface area contributed by atoms with E-state index < -0.39 is 24.0 Å². The quantitative estimate of drug-likeness (QED) is 0.314. The first-order valence-corrected chi connectivity index (χ1v) is 11.6. The van der Waals surface area contributed by atoms with Gasteiger partial charge in [0.15, 0.2) is 11.3 Å². The lowest BCUT2D eigenvalue weighted by Gasteiger charge is -2.28. The van der Waals surface area contributed by atoms with E-state index >= 15 is 0 Å². The highest BCUT2D eigenvalue weighted by Crippen LogP contribution is 2.36. The maximum Gasteiger partial charge on any atom is 0.325 e. The third-order valence-corrected chi connectivity index (χ3v) is 6.64. The van der Waals surface area contributed by atoms with E-state index in [4.69, 9.17) is 0 Å². The molecule has 1 N–H and O–H groups in total. The molecule has 0 spiro atoms. The molecule has 1 saturated heterocycles. The molecule has 1 aliphatic rings. The number of urea groups is 1. The summed E-state index contributed by atoms with van der Waals surface area (Å²) in [6.07, 6.45) is 0. The Morgan fingerprint density at radius 2 is 1.42 bits per heavy atom. The van der Waals surface area contributed by atoms with Crippen molar-refractivity contribution in [3.8, 4) is 5.69 Å². The number of carbonyl (C=O) groups is 3. The van der Waals surface area contributed by atoms with Crippen molar-refractivity contribution in [2.75, 3.05) is 6.54 Å². The van der Waals surface area contributed by atoms with Crippen LogP contribution in [0.5, 0.6) is 0 Å². The zero-order valence-corrected chi connectivity index (χ0v) is 19.9. The van der Waals surface area contributed by atoms with Crippen LogP contribution in [-0.2, 0) is 10.3 Å². The number of amides is 3. The molecule has 1 aromatic heterocycles. The molecule has 3 amide bonds. The van der Waals surface area contributed by atoms with Gasteiger partial charge in [-0.3, -0.25) is 14.5 Å². The number of aryl methyl sites for hydroxylation is 1. The van der Waals surface area contributed by atoms with Crippen molar-refractivity contribution < 1.29 is 18.8 Å². The Morgan fingerprint density at radius 3 is 1.97 bits per heavy atom. The molecule has 180 valence electrons. The van der Waals surface area contributed by atoms with Crippen molar-refractivity contribution in [1.82, 2.24) is 14.8 Å². The summed E-state index contributed by atoms with van der Waals surface area (Å²) in [6.45, 7) is 3.23. The minimum Gasteiger partial charge on any atom is -0.318 e. The van der Waals surface area contributed by atoms with E-state index in [0.29, 0.717) is 28.1 Å². The van der Waals surface area contributed by atoms with Crippen molar-refractivity contribution in [1.29, 1.82) is 0 Å². The number of benzene rings is 3. The van der Waals surface area contributed by atoms with Crippen molar-refractivity contribution in [2.45, 2.75) is 19.4 Å². The van der Waals surface area contributed by atoms with Crippen LogP contribution in [0.15, 0.2) is 91.0 Å². The van der Waals surface area contributed by atoms with Crippen molar-refractivity contribution >= 4 is 17.7 Å². The summed E-state index contributed by atoms with van der Waals surface area (Å²) < 4.78 is 15.3. The van der Waals surface area contributed by atoms with Crippen molar-refractivity contribution in [3.05, 3.63) is 125 Å². The number of rotatable bonds is 6. The van der Waals surface area contributed by atoms with Gasteiger partial charge in [-0.2, -0.15) is 0 Å². The second-order valence-electron chi connectivity index (χ2n) is 8.82. The number of nitrogens with zero attached hydrogens (tertiary/aromatic N) is 2. The lowest BCUT2D eigenvalue weighted by atomic mass is 9.82. The number of halogens is 1. The average molecular weight is 482 g/mol. The minimum atomic E-state index is -1.43. The lowest BCUT2D eigenvalue weighted by Crippen LogP contribution is -2.45. The van der Waals surface area contributed by atoms with Gasteiger partial charge in [0.2, 0.25) is 0 Å². The Morgan fingerprint density at radius 1 is 0.861 bits per heavy atom. The van der Waals surface area contributed by atoms with Crippen LogP contribution in [0.2, 0.25) is 0 Å². The van der Waals surface area contributed by atoms with Gasteiger partial charge in [-0.15, -0.1) is 0 Å². The molecule has 0 aliphatic carbocycles. The molecule has 4 aromatic rings. The molecule has 36 heavy (non-hydrogen) atoms. The molecule has 6 nitrogen and oxygen atoms in total. The van der Waals surface area contributed by atoms with Crippen LogP contribution in [0, 0.1) is 19.7 Å². The molecule has 5 rings (SSSR count). The van der Waals surface area contributed by atoms with Gasteiger partial charge in [0.1, 0.15) is 5.82 Å². The molecule has 0 atom stereocenters. The SMILES string of the molecule is Cc1cc(C(=O)CN2C(=O)NC(c3ccccc3)(c3ccccc3)C2=O)c(C)n1-c1ccc(F)cc1. The van der Waals surface area contributed by atoms with Crippen LogP contribution in [0.3, 0.4) is 0 Å². The van der Waals surface area contributed by atoms with E-state index in [1.165, 1.54) is 12.1 Å². The Hall–Kier alpha value is -4.52. The molecule has 7 heteroatoms. The lowest BCUT2D eigenvalue weighted by molar-refractivity contribution is -0.129. The topological polar surface area (TPSA) is 71.4 Å². The van der Waals surface area contributed by atoms with E-state index in [2.05, 4.69) is 5.32 Å². The number of ketones is 1. The summed E-state index contributed by atoms with van der Waals surface area (Å²) >= 11 is 0. The molecular weight excluding hydrogens is 457 g/mol. The molecular formula is C29H24FN3O3. The molecule has 0 radical (unpaired) electrons. The van der Waals surface area contributed by atoms with Gasteiger partial charge in [-0.05, 0) is 55.3 Å². The van der Waals surface area contributed by atoms with E-state index in [9.17, 15) is 18.8 Å². The van der Waals surface area contributed by atoms with Crippen LogP contribution in [0.1, 0.15) is 32.9 Å². The second-order valence-corrected chi connectivity index (χ2v) is 8.82. The van der Waals surface area contributed by atoms with E-state index in [1.54, 1.807) is 73.7 Å². The monoisotopic (exact) mass is 481 g/mol. The van der Waals surface area contributed by atoms with Gasteiger partial charge < -0.3 is 9.88 Å². The first-order valence-electron chi connectivity index (χ1n) is 11.6. The highest BCUT2D eigenvalue weighted by Gasteiger charge is 2.54. The number of imide groups is 1. The van der Waals surface area contributed by atoms with E-state index in [0.717, 1.165) is 10.6 Å². The molecule has 0 saturated carbocycles. The molecule has 2 heterocycles. The van der Waals surface area contributed by atoms with Crippen LogP contribution in [0.4, 0.5) is 9.18 Å². The Bertz CT molecular complexity index is 1420. The van der Waals surface area contributed by atoms with Crippen molar-refractivity contribution in [2.24, 2.45) is 0 Å². The van der Waals surface area contributed by atoms with Gasteiger partial charge in [0, 0.05) is 22.6 Å². The van der Waals surface area contributed by atoms with E-state index in [-0.39, 0.29) is 11.6 Å². The Labute approximate surface area is 208 Å². The highest BCUT2D eigenvalue weighted by atomic mass is 19.1. The first-order chi connectivity index (χ1) is 17.3. The van der Waals surface area contributed by atoms with E-state index in [1.807, 2.05) is 23.6 Å². The fraction of sp³-hybridized carbons (Fsp3) is 0.138. The maximum atomic E-state index is 13.9. The van der Waals surface area contributed by atoms with Crippen molar-refractivity contribution in [3.63, 3.8) is 0 Å². The Balaban J connectivity index is 1.49. The smallest absolute Gasteiger partial charge is 0.318 e. The zero-order chi connectivity index (χ0) is 25.4. The fourth-order valence-electron chi connectivity index (χ4n) is 4.92. The predicted molar refractivity (Wildman–Crippen MR) is 133 cm³/mol. The first kappa shape index (κ1) is 23.2. The van der Waals surface area contributed by atoms with Crippen LogP contribution in [-0.4, -0.2) is 33.7 Å². The van der Waals surface area contributed by atoms with Gasteiger partial charge in [-0.25, -0.2) is 9.18 Å². The minimum absolute atomic E-state index is 0.351. The van der Waals surface area contributed by atoms with Gasteiger partial charge >= 0.3 is 6.03 Å². The molecule has 0 unspecified atom stereocenters. The summed E-state index contributed by atoms with van der Waals surface area (Å²) in [7, 11) is 0. The van der Waals surface area contributed by atoms with Gasteiger partial charge in [0.25, 0.3) is 5.91 Å². The van der Waals surface area contributed by atoms with Crippen LogP contribution < -0.4 is 5.32 Å². The second kappa shape index (κ2) is 8.92. The number of hydrogen-bond acceptors (Lipinski definition) is 3. The fourth-order valence-corrected chi connectivity index (χ4v) is 4.92. The molecule has 3 aromatic carbocycles. The third-order valence-electron chi connectivity index (χ3n) is 6.64. The summed E-state index contributed by atoms with van der Waals surface area (Å²) in [6, 6.07) is 25.1. The Kier molecular flexibility index (Phi) is 5.76. The van der Waals surface area contributed by atoms with Crippen LogP contribution in [0.25, 0.3) is 5.69 Å². The maximum absolute atomic E-state index is 13.9. The zero-order valence-electron chi connectivity index (χ0n) is 19.9. The number of hydrogen-bond donors (Lipinski definition) is 1. The van der Waals surface area contributed by atoms with Gasteiger partial charge in [0.05, 0.1) is 6.54 Å². The number of aromatic nitrogens is 1. The number of carbonyl (C=O) groups excluding carboxylic acids is 3. The normalized spacial score (nSPS) is 14.7. The third kappa shape index (κ3) is 3.69. The van der Waals surface area contributed by atoms with Crippen LogP contribution >= 0.6 is 0 Å². The predicted octanol–water partition coefficient (Wildman–Crippen LogP) is 4.91. The molecule has 1 fully saturated rings. The standard InChI is InChI=1S/C29H24FN3O3/c1-19-17-25(20(2)33(19)24-15-13-23(30)14-16-24)26(34)18-32-27(35)29(31-28(32)36,21-9-5-3-6-10-21)22-11-7-4-8-12-22/h3-17H,18H2,1-2H3,(H,31,36). The summed E-state index contributed by atoms with van der Waals surface area (Å²) in [5, 5.41) is 2.86. The average Bonchev–Trinajstić information content (AvgIpc) is 3.33. The van der Waals surface area contributed by atoms with Gasteiger partial charge in [-0.1, -0.05) is 60.7 Å².